The van der Waals surface area contributed by atoms with Crippen LogP contribution < -0.4 is 5.30 Å². The SMILES string of the molecule is C=CC1=C(C=C)Sc2ccccc2P1. The first-order valence-electron chi connectivity index (χ1n) is 4.38. The van der Waals surface area contributed by atoms with Crippen LogP contribution in [0.1, 0.15) is 0 Å². The second-order valence-electron chi connectivity index (χ2n) is 2.91. The lowest BCUT2D eigenvalue weighted by molar-refractivity contribution is 1.52. The van der Waals surface area contributed by atoms with E-state index in [2.05, 4.69) is 37.4 Å². The van der Waals surface area contributed by atoms with E-state index in [1.54, 1.807) is 11.8 Å². The van der Waals surface area contributed by atoms with Gasteiger partial charge in [0.1, 0.15) is 0 Å². The first-order chi connectivity index (χ1) is 6.85. The van der Waals surface area contributed by atoms with Gasteiger partial charge in [0.2, 0.25) is 0 Å². The van der Waals surface area contributed by atoms with Gasteiger partial charge in [-0.05, 0) is 16.7 Å². The Labute approximate surface area is 90.6 Å². The Hall–Kier alpha value is -0.780. The number of allylic oxidation sites excluding steroid dienone is 3. The van der Waals surface area contributed by atoms with Gasteiger partial charge in [-0.25, -0.2) is 0 Å². The molecule has 14 heavy (non-hydrogen) atoms. The maximum atomic E-state index is 3.84. The van der Waals surface area contributed by atoms with Crippen LogP contribution in [0.2, 0.25) is 0 Å². The van der Waals surface area contributed by atoms with Gasteiger partial charge in [0, 0.05) is 9.80 Å². The van der Waals surface area contributed by atoms with Gasteiger partial charge in [-0.15, -0.1) is 0 Å². The molecule has 0 fully saturated rings. The second-order valence-corrected chi connectivity index (χ2v) is 5.32. The van der Waals surface area contributed by atoms with Crippen LogP contribution in [0.3, 0.4) is 0 Å². The highest BCUT2D eigenvalue weighted by atomic mass is 32.2. The zero-order valence-corrected chi connectivity index (χ0v) is 9.60. The number of hydrogen-bond donors (Lipinski definition) is 0. The average Bonchev–Trinajstić information content (AvgIpc) is 2.27. The topological polar surface area (TPSA) is 0 Å². The van der Waals surface area contributed by atoms with Crippen molar-refractivity contribution < 1.29 is 0 Å². The number of fused-ring (bicyclic) bond motifs is 1. The Balaban J connectivity index is 2.45. The number of rotatable bonds is 2. The third-order valence-corrected chi connectivity index (χ3v) is 5.02. The minimum atomic E-state index is 0.721. The third-order valence-electron chi connectivity index (χ3n) is 2.03. The molecule has 0 nitrogen and oxygen atoms in total. The summed E-state index contributed by atoms with van der Waals surface area (Å²) in [6.45, 7) is 7.68. The van der Waals surface area contributed by atoms with E-state index in [1.165, 1.54) is 20.4 Å². The molecule has 1 aromatic rings. The summed E-state index contributed by atoms with van der Waals surface area (Å²) in [5.41, 5.74) is 0. The molecule has 1 aliphatic rings. The summed E-state index contributed by atoms with van der Waals surface area (Å²) in [6, 6.07) is 8.52. The first-order valence-corrected chi connectivity index (χ1v) is 6.20. The van der Waals surface area contributed by atoms with Gasteiger partial charge in [-0.3, -0.25) is 0 Å². The van der Waals surface area contributed by atoms with Gasteiger partial charge >= 0.3 is 0 Å². The summed E-state index contributed by atoms with van der Waals surface area (Å²) < 4.78 is 0. The second kappa shape index (κ2) is 4.16. The highest BCUT2D eigenvalue weighted by Gasteiger charge is 2.14. The Bertz CT molecular complexity index is 379. The Morgan fingerprint density at radius 2 is 1.93 bits per heavy atom. The minimum Gasteiger partial charge on any atom is -0.0984 e. The van der Waals surface area contributed by atoms with Crippen molar-refractivity contribution in [1.29, 1.82) is 0 Å². The predicted molar refractivity (Wildman–Crippen MR) is 67.7 cm³/mol. The van der Waals surface area contributed by atoms with Crippen LogP contribution in [0.5, 0.6) is 0 Å². The van der Waals surface area contributed by atoms with E-state index in [-0.39, 0.29) is 0 Å². The molecule has 2 heteroatoms. The molecule has 1 unspecified atom stereocenters. The Kier molecular flexibility index (Phi) is 2.90. The van der Waals surface area contributed by atoms with E-state index in [1.807, 2.05) is 12.2 Å². The van der Waals surface area contributed by atoms with Crippen molar-refractivity contribution in [2.45, 2.75) is 4.90 Å². The fourth-order valence-corrected chi connectivity index (χ4v) is 3.80. The highest BCUT2D eigenvalue weighted by molar-refractivity contribution is 8.04. The summed E-state index contributed by atoms with van der Waals surface area (Å²) >= 11 is 1.79. The molecule has 0 N–H and O–H groups in total. The summed E-state index contributed by atoms with van der Waals surface area (Å²) in [7, 11) is 0.721. The van der Waals surface area contributed by atoms with Gasteiger partial charge in [0.25, 0.3) is 0 Å². The largest absolute Gasteiger partial charge is 0.0984 e. The normalized spacial score (nSPS) is 16.6. The quantitative estimate of drug-likeness (QED) is 0.682. The van der Waals surface area contributed by atoms with E-state index in [0.29, 0.717) is 0 Å². The van der Waals surface area contributed by atoms with Crippen molar-refractivity contribution in [2.24, 2.45) is 0 Å². The molecular formula is C12H11PS. The van der Waals surface area contributed by atoms with E-state index < -0.39 is 0 Å². The van der Waals surface area contributed by atoms with Crippen molar-refractivity contribution in [1.82, 2.24) is 0 Å². The smallest absolute Gasteiger partial charge is 0.0200 e. The van der Waals surface area contributed by atoms with E-state index in [9.17, 15) is 0 Å². The zero-order valence-electron chi connectivity index (χ0n) is 7.79. The lowest BCUT2D eigenvalue weighted by atomic mass is 10.4. The molecule has 0 amide bonds. The van der Waals surface area contributed by atoms with E-state index >= 15 is 0 Å². The van der Waals surface area contributed by atoms with Crippen LogP contribution in [-0.2, 0) is 0 Å². The lowest BCUT2D eigenvalue weighted by Crippen LogP contribution is -2.02. The molecule has 0 saturated heterocycles. The summed E-state index contributed by atoms with van der Waals surface area (Å²) in [5, 5.41) is 2.72. The van der Waals surface area contributed by atoms with Gasteiger partial charge in [0.05, 0.1) is 0 Å². The summed E-state index contributed by atoms with van der Waals surface area (Å²) in [5.74, 6) is 0. The Morgan fingerprint density at radius 3 is 2.64 bits per heavy atom. The number of thioether (sulfide) groups is 1. The molecule has 0 spiro atoms. The first kappa shape index (κ1) is 9.76. The zero-order chi connectivity index (χ0) is 9.97. The van der Waals surface area contributed by atoms with Crippen LogP contribution in [0.15, 0.2) is 64.7 Å². The maximum Gasteiger partial charge on any atom is 0.0200 e. The highest BCUT2D eigenvalue weighted by Crippen LogP contribution is 2.43. The average molecular weight is 218 g/mol. The van der Waals surface area contributed by atoms with Crippen LogP contribution in [0.4, 0.5) is 0 Å². The fourth-order valence-electron chi connectivity index (χ4n) is 1.34. The monoisotopic (exact) mass is 218 g/mol. The maximum absolute atomic E-state index is 3.84. The van der Waals surface area contributed by atoms with Crippen molar-refractivity contribution in [3.63, 3.8) is 0 Å². The molecule has 1 atom stereocenters. The number of hydrogen-bond acceptors (Lipinski definition) is 1. The van der Waals surface area contributed by atoms with Crippen molar-refractivity contribution in [3.05, 3.63) is 59.8 Å². The van der Waals surface area contributed by atoms with Gasteiger partial charge in [0.15, 0.2) is 0 Å². The molecular weight excluding hydrogens is 207 g/mol. The van der Waals surface area contributed by atoms with Crippen molar-refractivity contribution >= 4 is 25.6 Å². The van der Waals surface area contributed by atoms with Crippen LogP contribution >= 0.6 is 20.3 Å². The molecule has 0 aliphatic carbocycles. The summed E-state index contributed by atoms with van der Waals surface area (Å²) in [6.07, 6.45) is 3.86. The molecule has 1 aliphatic heterocycles. The molecule has 0 radical (unpaired) electrons. The molecule has 2 rings (SSSR count). The van der Waals surface area contributed by atoms with Crippen LogP contribution in [0.25, 0.3) is 0 Å². The van der Waals surface area contributed by atoms with Crippen LogP contribution in [-0.4, -0.2) is 0 Å². The Morgan fingerprint density at radius 1 is 1.14 bits per heavy atom. The molecule has 1 aromatic carbocycles. The molecule has 0 bridgehead atoms. The predicted octanol–water partition coefficient (Wildman–Crippen LogP) is 3.68. The molecule has 70 valence electrons. The van der Waals surface area contributed by atoms with E-state index in [4.69, 9.17) is 0 Å². The fraction of sp³-hybridized carbons (Fsp3) is 0. The van der Waals surface area contributed by atoms with Gasteiger partial charge in [-0.2, -0.15) is 0 Å². The van der Waals surface area contributed by atoms with E-state index in [0.717, 1.165) is 8.58 Å². The lowest BCUT2D eigenvalue weighted by Gasteiger charge is -2.18. The van der Waals surface area contributed by atoms with Crippen molar-refractivity contribution in [3.8, 4) is 0 Å². The van der Waals surface area contributed by atoms with Crippen LogP contribution in [0, 0.1) is 0 Å². The molecule has 0 saturated carbocycles. The molecule has 0 aromatic heterocycles. The van der Waals surface area contributed by atoms with Crippen molar-refractivity contribution in [2.75, 3.05) is 0 Å². The summed E-state index contributed by atoms with van der Waals surface area (Å²) in [4.78, 5) is 2.60. The number of benzene rings is 1. The standard InChI is InChI=1S/C12H11PS/c1-3-9-11(4-2)14-12-8-6-5-7-10(12)13-9/h3-8,13H,1-2H2. The van der Waals surface area contributed by atoms with Gasteiger partial charge in [-0.1, -0.05) is 63.9 Å². The minimum absolute atomic E-state index is 0.721. The third kappa shape index (κ3) is 1.70. The molecule has 1 heterocycles. The van der Waals surface area contributed by atoms with Gasteiger partial charge < -0.3 is 0 Å².